The van der Waals surface area contributed by atoms with E-state index in [0.717, 1.165) is 18.9 Å². The van der Waals surface area contributed by atoms with E-state index in [1.165, 1.54) is 6.07 Å². The Hall–Kier alpha value is -3.18. The molecule has 10 nitrogen and oxygen atoms in total. The molecule has 0 radical (unpaired) electrons. The third-order valence-electron chi connectivity index (χ3n) is 6.10. The van der Waals surface area contributed by atoms with E-state index in [1.807, 2.05) is 16.7 Å². The summed E-state index contributed by atoms with van der Waals surface area (Å²) in [7, 11) is 1.65. The van der Waals surface area contributed by atoms with Crippen molar-refractivity contribution in [3.8, 4) is 5.75 Å². The SMILES string of the molecule is CN=C(C=C(N)C(=N)c1cc(OC2(C)CC2)c(F)cc1N)N1CCN(C(N)/C(C)=N\O)CC1. The van der Waals surface area contributed by atoms with E-state index in [1.54, 1.807) is 20.0 Å². The molecule has 1 heterocycles. The van der Waals surface area contributed by atoms with Crippen molar-refractivity contribution < 1.29 is 14.3 Å². The van der Waals surface area contributed by atoms with Gasteiger partial charge in [0.2, 0.25) is 0 Å². The number of nitrogens with one attached hydrogen (secondary N) is 1. The Kier molecular flexibility index (Phi) is 7.23. The Labute approximate surface area is 193 Å². The number of nitrogens with two attached hydrogens (primary N) is 3. The van der Waals surface area contributed by atoms with Gasteiger partial charge in [-0.25, -0.2) is 4.39 Å². The summed E-state index contributed by atoms with van der Waals surface area (Å²) in [5.41, 5.74) is 18.9. The summed E-state index contributed by atoms with van der Waals surface area (Å²) in [6, 6.07) is 2.60. The zero-order valence-corrected chi connectivity index (χ0v) is 19.3. The van der Waals surface area contributed by atoms with Gasteiger partial charge in [0, 0.05) is 56.6 Å². The number of oxime groups is 1. The van der Waals surface area contributed by atoms with Crippen LogP contribution in [-0.4, -0.2) is 77.3 Å². The lowest BCUT2D eigenvalue weighted by atomic mass is 10.0. The van der Waals surface area contributed by atoms with Crippen molar-refractivity contribution in [1.29, 1.82) is 5.41 Å². The Morgan fingerprint density at radius 2 is 1.94 bits per heavy atom. The van der Waals surface area contributed by atoms with Gasteiger partial charge in [-0.2, -0.15) is 0 Å². The molecule has 180 valence electrons. The third kappa shape index (κ3) is 5.60. The molecule has 2 aliphatic rings. The first kappa shape index (κ1) is 24.5. The van der Waals surface area contributed by atoms with Crippen LogP contribution < -0.4 is 21.9 Å². The quantitative estimate of drug-likeness (QED) is 0.135. The van der Waals surface area contributed by atoms with Crippen molar-refractivity contribution in [1.82, 2.24) is 9.80 Å². The second-order valence-corrected chi connectivity index (χ2v) is 8.69. The maximum Gasteiger partial charge on any atom is 0.167 e. The van der Waals surface area contributed by atoms with Gasteiger partial charge < -0.3 is 32.0 Å². The lowest BCUT2D eigenvalue weighted by Gasteiger charge is -2.38. The molecule has 1 atom stereocenters. The lowest BCUT2D eigenvalue weighted by molar-refractivity contribution is 0.161. The molecular weight excluding hydrogens is 427 g/mol. The van der Waals surface area contributed by atoms with Crippen molar-refractivity contribution in [3.63, 3.8) is 0 Å². The minimum atomic E-state index is -0.562. The summed E-state index contributed by atoms with van der Waals surface area (Å²) in [5.74, 6) is 0.115. The highest BCUT2D eigenvalue weighted by atomic mass is 19.1. The number of nitrogens with zero attached hydrogens (tertiary/aromatic N) is 4. The van der Waals surface area contributed by atoms with Gasteiger partial charge >= 0.3 is 0 Å². The van der Waals surface area contributed by atoms with Gasteiger partial charge in [-0.1, -0.05) is 5.16 Å². The predicted octanol–water partition coefficient (Wildman–Crippen LogP) is 1.33. The molecule has 1 aliphatic heterocycles. The molecule has 8 N–H and O–H groups in total. The number of hydrogen-bond acceptors (Lipinski definition) is 9. The fraction of sp³-hybridized carbons (Fsp3) is 0.500. The molecule has 1 saturated heterocycles. The average Bonchev–Trinajstić information content (AvgIpc) is 3.54. The summed E-state index contributed by atoms with van der Waals surface area (Å²) in [5, 5.41) is 20.7. The Morgan fingerprint density at radius 1 is 1.30 bits per heavy atom. The maximum absolute atomic E-state index is 14.3. The van der Waals surface area contributed by atoms with E-state index < -0.39 is 12.0 Å². The number of nitrogen functional groups attached to an aromatic ring is 1. The summed E-state index contributed by atoms with van der Waals surface area (Å²) in [6.07, 6.45) is 2.87. The van der Waals surface area contributed by atoms with Crippen LogP contribution in [0.15, 0.2) is 34.1 Å². The van der Waals surface area contributed by atoms with Crippen molar-refractivity contribution >= 4 is 22.9 Å². The highest BCUT2D eigenvalue weighted by Crippen LogP contribution is 2.41. The van der Waals surface area contributed by atoms with Gasteiger partial charge in [-0.3, -0.25) is 15.3 Å². The number of allylic oxidation sites excluding steroid dienone is 1. The van der Waals surface area contributed by atoms with Crippen molar-refractivity contribution in [2.24, 2.45) is 21.6 Å². The maximum atomic E-state index is 14.3. The largest absolute Gasteiger partial charge is 0.484 e. The van der Waals surface area contributed by atoms with E-state index >= 15 is 0 Å². The fourth-order valence-electron chi connectivity index (χ4n) is 3.62. The standard InChI is InChI=1S/C22H33FN8O2/c1-13(29-32)21(27)31-8-6-30(7-9-31)19(28-3)12-17(25)20(26)14-10-18(15(23)11-16(14)24)33-22(2)4-5-22/h10-12,21,26,32H,4-9,24-25,27H2,1-3H3/b17-12?,26-20?,28-19?,29-13-. The van der Waals surface area contributed by atoms with Crippen LogP contribution in [0, 0.1) is 11.2 Å². The Bertz CT molecular complexity index is 994. The number of ether oxygens (including phenoxy) is 1. The van der Waals surface area contributed by atoms with Crippen LogP contribution in [0.2, 0.25) is 0 Å². The second kappa shape index (κ2) is 9.75. The van der Waals surface area contributed by atoms with Crippen LogP contribution in [0.4, 0.5) is 10.1 Å². The zero-order chi connectivity index (χ0) is 24.3. The van der Waals surface area contributed by atoms with Crippen LogP contribution >= 0.6 is 0 Å². The Balaban J connectivity index is 1.73. The number of rotatable bonds is 7. The molecule has 1 aromatic rings. The minimum absolute atomic E-state index is 0.0325. The van der Waals surface area contributed by atoms with Crippen molar-refractivity contribution in [2.45, 2.75) is 38.5 Å². The number of anilines is 1. The molecule has 1 aromatic carbocycles. The first-order valence-corrected chi connectivity index (χ1v) is 10.8. The predicted molar refractivity (Wildman–Crippen MR) is 128 cm³/mol. The molecule has 3 rings (SSSR count). The lowest BCUT2D eigenvalue weighted by Crippen LogP contribution is -2.56. The topological polar surface area (TPSA) is 163 Å². The number of aliphatic imine (C=N–C) groups is 1. The first-order chi connectivity index (χ1) is 15.6. The molecule has 1 unspecified atom stereocenters. The van der Waals surface area contributed by atoms with E-state index in [0.29, 0.717) is 43.3 Å². The summed E-state index contributed by atoms with van der Waals surface area (Å²) >= 11 is 0. The molecule has 33 heavy (non-hydrogen) atoms. The van der Waals surface area contributed by atoms with Crippen molar-refractivity contribution in [2.75, 3.05) is 39.0 Å². The molecular formula is C22H33FN8O2. The third-order valence-corrected chi connectivity index (χ3v) is 6.10. The van der Waals surface area contributed by atoms with Crippen LogP contribution in [-0.2, 0) is 0 Å². The summed E-state index contributed by atoms with van der Waals surface area (Å²) < 4.78 is 20.1. The summed E-state index contributed by atoms with van der Waals surface area (Å²) in [4.78, 5) is 8.36. The van der Waals surface area contributed by atoms with Crippen LogP contribution in [0.3, 0.4) is 0 Å². The highest BCUT2D eigenvalue weighted by molar-refractivity contribution is 6.16. The van der Waals surface area contributed by atoms with E-state index in [9.17, 15) is 4.39 Å². The van der Waals surface area contributed by atoms with Gasteiger partial charge in [0.05, 0.1) is 17.1 Å². The Morgan fingerprint density at radius 3 is 2.48 bits per heavy atom. The van der Waals surface area contributed by atoms with Crippen LogP contribution in [0.5, 0.6) is 5.75 Å². The fourth-order valence-corrected chi connectivity index (χ4v) is 3.62. The molecule has 1 aliphatic carbocycles. The molecule has 0 amide bonds. The number of benzene rings is 1. The van der Waals surface area contributed by atoms with Gasteiger partial charge in [0.1, 0.15) is 17.6 Å². The minimum Gasteiger partial charge on any atom is -0.484 e. The van der Waals surface area contributed by atoms with Crippen LogP contribution in [0.25, 0.3) is 0 Å². The van der Waals surface area contributed by atoms with Crippen LogP contribution in [0.1, 0.15) is 32.3 Å². The van der Waals surface area contributed by atoms with Gasteiger partial charge in [0.25, 0.3) is 0 Å². The van der Waals surface area contributed by atoms with Crippen molar-refractivity contribution in [3.05, 3.63) is 35.3 Å². The highest BCUT2D eigenvalue weighted by Gasteiger charge is 2.40. The number of piperazine rings is 1. The summed E-state index contributed by atoms with van der Waals surface area (Å²) in [6.45, 7) is 6.13. The monoisotopic (exact) mass is 460 g/mol. The average molecular weight is 461 g/mol. The smallest absolute Gasteiger partial charge is 0.167 e. The van der Waals surface area contributed by atoms with E-state index in [-0.39, 0.29) is 28.4 Å². The van der Waals surface area contributed by atoms with E-state index in [4.69, 9.17) is 32.6 Å². The normalized spacial score (nSPS) is 20.5. The van der Waals surface area contributed by atoms with E-state index in [2.05, 4.69) is 10.1 Å². The molecule has 2 fully saturated rings. The number of amidine groups is 1. The molecule has 1 saturated carbocycles. The number of halogens is 1. The molecule has 0 bridgehead atoms. The first-order valence-electron chi connectivity index (χ1n) is 10.8. The van der Waals surface area contributed by atoms with Gasteiger partial charge in [0.15, 0.2) is 11.6 Å². The molecule has 0 aromatic heterocycles. The zero-order valence-electron chi connectivity index (χ0n) is 19.3. The van der Waals surface area contributed by atoms with Gasteiger partial charge in [-0.15, -0.1) is 0 Å². The molecule has 0 spiro atoms. The van der Waals surface area contributed by atoms with Gasteiger partial charge in [-0.05, 0) is 32.8 Å². The molecule has 11 heteroatoms. The second-order valence-electron chi connectivity index (χ2n) is 8.69. The number of hydrogen-bond donors (Lipinski definition) is 5.